The zero-order valence-corrected chi connectivity index (χ0v) is 14.4. The minimum Gasteiger partial charge on any atom is -0.393 e. The molecule has 1 saturated heterocycles. The van der Waals surface area contributed by atoms with Crippen LogP contribution in [-0.2, 0) is 17.7 Å². The molecule has 0 aromatic carbocycles. The van der Waals surface area contributed by atoms with Crippen molar-refractivity contribution in [3.8, 4) is 0 Å². The fraction of sp³-hybridized carbons (Fsp3) is 0.765. The van der Waals surface area contributed by atoms with Gasteiger partial charge in [-0.05, 0) is 32.7 Å². The molecule has 0 radical (unpaired) electrons. The SMILES string of the molecule is CO[C@@]12CC[C@@H](O)C[C@@H]1N(C(=O)c1n[nH]c3c1CN(C)CC3)CC2. The van der Waals surface area contributed by atoms with E-state index in [2.05, 4.69) is 22.1 Å². The van der Waals surface area contributed by atoms with Crippen molar-refractivity contribution < 1.29 is 14.6 Å². The number of nitrogens with zero attached hydrogens (tertiary/aromatic N) is 3. The van der Waals surface area contributed by atoms with Crippen molar-refractivity contribution in [1.29, 1.82) is 0 Å². The number of aliphatic hydroxyl groups is 1. The Kier molecular flexibility index (Phi) is 3.89. The normalized spacial score (nSPS) is 33.4. The fourth-order valence-electron chi connectivity index (χ4n) is 4.66. The lowest BCUT2D eigenvalue weighted by Gasteiger charge is -2.42. The maximum atomic E-state index is 13.2. The predicted octanol–water partition coefficient (Wildman–Crippen LogP) is 0.542. The summed E-state index contributed by atoms with van der Waals surface area (Å²) in [5.74, 6) is -0.0270. The average molecular weight is 334 g/mol. The maximum absolute atomic E-state index is 13.2. The van der Waals surface area contributed by atoms with Gasteiger partial charge in [-0.15, -0.1) is 0 Å². The number of amides is 1. The van der Waals surface area contributed by atoms with Crippen molar-refractivity contribution in [2.75, 3.05) is 27.2 Å². The summed E-state index contributed by atoms with van der Waals surface area (Å²) in [6.07, 6.45) is 3.52. The second kappa shape index (κ2) is 5.82. The van der Waals surface area contributed by atoms with Crippen LogP contribution in [0, 0.1) is 0 Å². The second-order valence-electron chi connectivity index (χ2n) is 7.48. The number of H-pyrrole nitrogens is 1. The molecular formula is C17H26N4O3. The second-order valence-corrected chi connectivity index (χ2v) is 7.48. The maximum Gasteiger partial charge on any atom is 0.275 e. The minimum atomic E-state index is -0.356. The van der Waals surface area contributed by atoms with Crippen LogP contribution in [0.25, 0.3) is 0 Å². The van der Waals surface area contributed by atoms with Gasteiger partial charge in [-0.2, -0.15) is 5.10 Å². The Balaban J connectivity index is 1.62. The summed E-state index contributed by atoms with van der Waals surface area (Å²) in [6.45, 7) is 2.40. The van der Waals surface area contributed by atoms with Crippen molar-refractivity contribution in [2.24, 2.45) is 0 Å². The number of ether oxygens (including phenoxy) is 1. The number of likely N-dealkylation sites (tertiary alicyclic amines) is 1. The molecule has 0 spiro atoms. The van der Waals surface area contributed by atoms with E-state index in [1.165, 1.54) is 0 Å². The molecule has 3 atom stereocenters. The number of aromatic nitrogens is 2. The number of hydrogen-bond acceptors (Lipinski definition) is 5. The van der Waals surface area contributed by atoms with Crippen molar-refractivity contribution >= 4 is 5.91 Å². The summed E-state index contributed by atoms with van der Waals surface area (Å²) in [7, 11) is 3.79. The van der Waals surface area contributed by atoms with Crippen molar-refractivity contribution in [3.63, 3.8) is 0 Å². The molecule has 0 bridgehead atoms. The van der Waals surface area contributed by atoms with Crippen molar-refractivity contribution in [1.82, 2.24) is 20.0 Å². The smallest absolute Gasteiger partial charge is 0.275 e. The van der Waals surface area contributed by atoms with Gasteiger partial charge < -0.3 is 19.6 Å². The summed E-state index contributed by atoms with van der Waals surface area (Å²) >= 11 is 0. The highest BCUT2D eigenvalue weighted by molar-refractivity contribution is 5.94. The third kappa shape index (κ3) is 2.37. The van der Waals surface area contributed by atoms with Crippen molar-refractivity contribution in [2.45, 2.75) is 56.4 Å². The number of likely N-dealkylation sites (N-methyl/N-ethyl adjacent to an activating group) is 1. The topological polar surface area (TPSA) is 81.7 Å². The van der Waals surface area contributed by atoms with E-state index in [1.54, 1.807) is 7.11 Å². The average Bonchev–Trinajstić information content (AvgIpc) is 3.15. The summed E-state index contributed by atoms with van der Waals surface area (Å²) in [5, 5.41) is 17.5. The van der Waals surface area contributed by atoms with Gasteiger partial charge in [0.1, 0.15) is 0 Å². The molecule has 2 N–H and O–H groups in total. The highest BCUT2D eigenvalue weighted by Gasteiger charge is 2.52. The number of aliphatic hydroxyl groups excluding tert-OH is 1. The number of carbonyl (C=O) groups excluding carboxylic acids is 1. The van der Waals surface area contributed by atoms with Crippen molar-refractivity contribution in [3.05, 3.63) is 17.0 Å². The molecule has 1 saturated carbocycles. The standard InChI is InChI=1S/C17H26N4O3/c1-20-7-4-13-12(10-20)15(19-18-13)16(23)21-8-6-17(24-2)5-3-11(22)9-14(17)21/h11,14,22H,3-10H2,1-2H3,(H,18,19)/t11-,14+,17-/m1/s1. The van der Waals surface area contributed by atoms with Crippen LogP contribution in [-0.4, -0.2) is 76.0 Å². The quantitative estimate of drug-likeness (QED) is 0.825. The van der Waals surface area contributed by atoms with Crippen LogP contribution in [0.5, 0.6) is 0 Å². The highest BCUT2D eigenvalue weighted by atomic mass is 16.5. The Morgan fingerprint density at radius 3 is 3.04 bits per heavy atom. The van der Waals surface area contributed by atoms with Gasteiger partial charge in [0, 0.05) is 44.4 Å². The van der Waals surface area contributed by atoms with Gasteiger partial charge in [0.05, 0.1) is 17.7 Å². The molecule has 7 heteroatoms. The van der Waals surface area contributed by atoms with Gasteiger partial charge in [-0.3, -0.25) is 9.89 Å². The first kappa shape index (κ1) is 16.1. The monoisotopic (exact) mass is 334 g/mol. The number of carbonyl (C=O) groups is 1. The zero-order valence-electron chi connectivity index (χ0n) is 14.4. The van der Waals surface area contributed by atoms with Crippen LogP contribution in [0.3, 0.4) is 0 Å². The largest absolute Gasteiger partial charge is 0.393 e. The number of nitrogens with one attached hydrogen (secondary N) is 1. The summed E-state index contributed by atoms with van der Waals surface area (Å²) in [5.41, 5.74) is 2.35. The van der Waals surface area contributed by atoms with Crippen LogP contribution in [0.4, 0.5) is 0 Å². The molecule has 24 heavy (non-hydrogen) atoms. The van der Waals surface area contributed by atoms with Gasteiger partial charge in [-0.25, -0.2) is 0 Å². The summed E-state index contributed by atoms with van der Waals surface area (Å²) in [6, 6.07) is -0.0626. The molecule has 1 amide bonds. The Hall–Kier alpha value is -1.44. The van der Waals surface area contributed by atoms with E-state index < -0.39 is 0 Å². The van der Waals surface area contributed by atoms with E-state index in [-0.39, 0.29) is 23.7 Å². The molecule has 2 aliphatic heterocycles. The lowest BCUT2D eigenvalue weighted by molar-refractivity contribution is -0.0825. The van der Waals surface area contributed by atoms with Gasteiger partial charge >= 0.3 is 0 Å². The molecule has 1 aromatic rings. The first-order valence-electron chi connectivity index (χ1n) is 8.83. The molecule has 2 fully saturated rings. The van der Waals surface area contributed by atoms with E-state index in [0.29, 0.717) is 18.7 Å². The van der Waals surface area contributed by atoms with E-state index in [4.69, 9.17) is 4.74 Å². The molecule has 132 valence electrons. The number of hydrogen-bond donors (Lipinski definition) is 2. The van der Waals surface area contributed by atoms with E-state index in [1.807, 2.05) is 4.90 Å². The molecule has 3 heterocycles. The number of fused-ring (bicyclic) bond motifs is 2. The molecule has 4 rings (SSSR count). The molecule has 7 nitrogen and oxygen atoms in total. The Bertz CT molecular complexity index is 646. The Morgan fingerprint density at radius 2 is 2.25 bits per heavy atom. The van der Waals surface area contributed by atoms with Gasteiger partial charge in [0.15, 0.2) is 5.69 Å². The number of rotatable bonds is 2. The number of methoxy groups -OCH3 is 1. The fourth-order valence-corrected chi connectivity index (χ4v) is 4.66. The lowest BCUT2D eigenvalue weighted by Crippen LogP contribution is -2.53. The van der Waals surface area contributed by atoms with E-state index >= 15 is 0 Å². The van der Waals surface area contributed by atoms with Gasteiger partial charge in [-0.1, -0.05) is 0 Å². The molecular weight excluding hydrogens is 308 g/mol. The highest BCUT2D eigenvalue weighted by Crippen LogP contribution is 2.43. The zero-order chi connectivity index (χ0) is 16.9. The van der Waals surface area contributed by atoms with Crippen LogP contribution >= 0.6 is 0 Å². The first-order valence-corrected chi connectivity index (χ1v) is 8.83. The van der Waals surface area contributed by atoms with Crippen LogP contribution in [0.2, 0.25) is 0 Å². The molecule has 1 aromatic heterocycles. The third-order valence-corrected chi connectivity index (χ3v) is 6.15. The Morgan fingerprint density at radius 1 is 1.42 bits per heavy atom. The molecule has 3 aliphatic rings. The first-order chi connectivity index (χ1) is 11.5. The predicted molar refractivity (Wildman–Crippen MR) is 87.7 cm³/mol. The summed E-state index contributed by atoms with van der Waals surface area (Å²) < 4.78 is 5.84. The number of aromatic amines is 1. The van der Waals surface area contributed by atoms with Crippen LogP contribution in [0.1, 0.15) is 47.4 Å². The van der Waals surface area contributed by atoms with Crippen LogP contribution in [0.15, 0.2) is 0 Å². The van der Waals surface area contributed by atoms with Crippen LogP contribution < -0.4 is 0 Å². The van der Waals surface area contributed by atoms with Gasteiger partial charge in [0.2, 0.25) is 0 Å². The Labute approximate surface area is 142 Å². The lowest BCUT2D eigenvalue weighted by atomic mass is 9.79. The molecule has 1 aliphatic carbocycles. The van der Waals surface area contributed by atoms with E-state index in [9.17, 15) is 9.90 Å². The minimum absolute atomic E-state index is 0.0270. The third-order valence-electron chi connectivity index (χ3n) is 6.15. The molecule has 0 unspecified atom stereocenters. The van der Waals surface area contributed by atoms with E-state index in [0.717, 1.165) is 50.0 Å². The summed E-state index contributed by atoms with van der Waals surface area (Å²) in [4.78, 5) is 17.3. The van der Waals surface area contributed by atoms with Gasteiger partial charge in [0.25, 0.3) is 5.91 Å².